The molecule has 1 aromatic rings. The molecule has 2 atom stereocenters. The first kappa shape index (κ1) is 14.1. The number of aliphatic hydroxyl groups excluding tert-OH is 1. The van der Waals surface area contributed by atoms with Crippen molar-refractivity contribution in [2.24, 2.45) is 11.8 Å². The smallest absolute Gasteiger partial charge is 0.167 e. The highest BCUT2D eigenvalue weighted by Crippen LogP contribution is 2.40. The second-order valence-electron chi connectivity index (χ2n) is 6.05. The van der Waals surface area contributed by atoms with E-state index >= 15 is 0 Å². The zero-order chi connectivity index (χ0) is 15.0. The number of phenolic OH excluding ortho intramolecular Hbond substituents is 1. The molecule has 2 unspecified atom stereocenters. The summed E-state index contributed by atoms with van der Waals surface area (Å²) < 4.78 is 5.36. The number of phenols is 1. The second kappa shape index (κ2) is 5.53. The van der Waals surface area contributed by atoms with Gasteiger partial charge in [-0.3, -0.25) is 4.79 Å². The van der Waals surface area contributed by atoms with Gasteiger partial charge in [0.2, 0.25) is 0 Å². The predicted octanol–water partition coefficient (Wildman–Crippen LogP) is 2.99. The van der Waals surface area contributed by atoms with Crippen molar-refractivity contribution in [2.45, 2.75) is 26.2 Å². The fourth-order valence-electron chi connectivity index (χ4n) is 3.30. The maximum atomic E-state index is 12.3. The van der Waals surface area contributed by atoms with Crippen LogP contribution < -0.4 is 0 Å². The summed E-state index contributed by atoms with van der Waals surface area (Å²) in [5.41, 5.74) is 1.91. The molecule has 1 aromatic carbocycles. The van der Waals surface area contributed by atoms with Crippen LogP contribution in [0.3, 0.4) is 0 Å². The fourth-order valence-corrected chi connectivity index (χ4v) is 3.30. The average molecular weight is 288 g/mol. The third kappa shape index (κ3) is 2.68. The van der Waals surface area contributed by atoms with Crippen LogP contribution in [-0.4, -0.2) is 29.2 Å². The van der Waals surface area contributed by atoms with Crippen LogP contribution in [0.1, 0.15) is 30.4 Å². The van der Waals surface area contributed by atoms with Gasteiger partial charge in [-0.15, -0.1) is 0 Å². The molecule has 0 saturated carbocycles. The van der Waals surface area contributed by atoms with Crippen LogP contribution in [-0.2, 0) is 9.53 Å². The van der Waals surface area contributed by atoms with E-state index in [1.165, 1.54) is 0 Å². The number of hydrogen-bond donors (Lipinski definition) is 2. The number of ether oxygens (including phenoxy) is 1. The Hall–Kier alpha value is -1.81. The number of benzene rings is 1. The van der Waals surface area contributed by atoms with Crippen molar-refractivity contribution in [1.29, 1.82) is 0 Å². The van der Waals surface area contributed by atoms with E-state index in [0.29, 0.717) is 23.5 Å². The highest BCUT2D eigenvalue weighted by Gasteiger charge is 2.35. The van der Waals surface area contributed by atoms with E-state index in [9.17, 15) is 15.0 Å². The fraction of sp³-hybridized carbons (Fsp3) is 0.471. The van der Waals surface area contributed by atoms with Crippen LogP contribution >= 0.6 is 0 Å². The Balaban J connectivity index is 1.90. The standard InChI is InChI=1S/C17H20O4/c1-10-2-3-13(18)8-14(10)16-15(19)7-12(17(16)20)6-11-4-5-21-9-11/h2-3,8,11-12,18,20H,4-7,9H2,1H3. The number of aromatic hydroxyl groups is 1. The summed E-state index contributed by atoms with van der Waals surface area (Å²) >= 11 is 0. The lowest BCUT2D eigenvalue weighted by Crippen LogP contribution is -2.09. The molecule has 1 aliphatic heterocycles. The molecular weight excluding hydrogens is 268 g/mol. The van der Waals surface area contributed by atoms with Gasteiger partial charge in [0.25, 0.3) is 0 Å². The molecule has 21 heavy (non-hydrogen) atoms. The molecular formula is C17H20O4. The average Bonchev–Trinajstić information content (AvgIpc) is 3.03. The van der Waals surface area contributed by atoms with E-state index in [4.69, 9.17) is 4.74 Å². The Morgan fingerprint density at radius 1 is 1.33 bits per heavy atom. The van der Waals surface area contributed by atoms with Gasteiger partial charge < -0.3 is 14.9 Å². The molecule has 2 N–H and O–H groups in total. The molecule has 0 amide bonds. The molecule has 4 heteroatoms. The zero-order valence-corrected chi connectivity index (χ0v) is 12.1. The topological polar surface area (TPSA) is 66.8 Å². The number of aryl methyl sites for hydroxylation is 1. The SMILES string of the molecule is Cc1ccc(O)cc1C1=C(O)C(CC2CCOC2)CC1=O. The molecule has 0 radical (unpaired) electrons. The van der Waals surface area contributed by atoms with Gasteiger partial charge >= 0.3 is 0 Å². The summed E-state index contributed by atoms with van der Waals surface area (Å²) in [6.07, 6.45) is 2.14. The van der Waals surface area contributed by atoms with Crippen molar-refractivity contribution < 1.29 is 19.7 Å². The summed E-state index contributed by atoms with van der Waals surface area (Å²) in [5, 5.41) is 20.1. The highest BCUT2D eigenvalue weighted by molar-refractivity contribution is 6.24. The predicted molar refractivity (Wildman–Crippen MR) is 79.0 cm³/mol. The third-order valence-electron chi connectivity index (χ3n) is 4.49. The summed E-state index contributed by atoms with van der Waals surface area (Å²) in [7, 11) is 0. The zero-order valence-electron chi connectivity index (χ0n) is 12.1. The van der Waals surface area contributed by atoms with Crippen LogP contribution in [0.2, 0.25) is 0 Å². The lowest BCUT2D eigenvalue weighted by atomic mass is 9.92. The van der Waals surface area contributed by atoms with Gasteiger partial charge in [-0.2, -0.15) is 0 Å². The monoisotopic (exact) mass is 288 g/mol. The molecule has 1 saturated heterocycles. The van der Waals surface area contributed by atoms with Crippen molar-refractivity contribution in [3.05, 3.63) is 35.1 Å². The van der Waals surface area contributed by atoms with Crippen molar-refractivity contribution >= 4 is 11.4 Å². The van der Waals surface area contributed by atoms with Crippen LogP contribution in [0.4, 0.5) is 0 Å². The van der Waals surface area contributed by atoms with Crippen LogP contribution in [0.5, 0.6) is 5.75 Å². The Kier molecular flexibility index (Phi) is 3.72. The molecule has 4 nitrogen and oxygen atoms in total. The van der Waals surface area contributed by atoms with E-state index in [-0.39, 0.29) is 23.2 Å². The molecule has 0 bridgehead atoms. The molecule has 1 heterocycles. The van der Waals surface area contributed by atoms with Crippen molar-refractivity contribution in [1.82, 2.24) is 0 Å². The number of allylic oxidation sites excluding steroid dienone is 2. The lowest BCUT2D eigenvalue weighted by Gasteiger charge is -2.14. The minimum absolute atomic E-state index is 0.0369. The van der Waals surface area contributed by atoms with Gasteiger partial charge in [0.05, 0.1) is 5.57 Å². The first-order valence-corrected chi connectivity index (χ1v) is 7.40. The maximum absolute atomic E-state index is 12.3. The second-order valence-corrected chi connectivity index (χ2v) is 6.05. The number of carbonyl (C=O) groups excluding carboxylic acids is 1. The van der Waals surface area contributed by atoms with Gasteiger partial charge in [-0.25, -0.2) is 0 Å². The van der Waals surface area contributed by atoms with Gasteiger partial charge in [0.1, 0.15) is 11.5 Å². The van der Waals surface area contributed by atoms with Gasteiger partial charge in [-0.1, -0.05) is 6.07 Å². The number of aliphatic hydroxyl groups is 1. The van der Waals surface area contributed by atoms with E-state index in [0.717, 1.165) is 31.6 Å². The van der Waals surface area contributed by atoms with E-state index in [2.05, 4.69) is 0 Å². The summed E-state index contributed by atoms with van der Waals surface area (Å²) in [4.78, 5) is 12.3. The number of hydrogen-bond acceptors (Lipinski definition) is 4. The normalized spacial score (nSPS) is 25.9. The minimum atomic E-state index is -0.110. The molecule has 0 spiro atoms. The van der Waals surface area contributed by atoms with Gasteiger partial charge in [-0.05, 0) is 48.9 Å². The highest BCUT2D eigenvalue weighted by atomic mass is 16.5. The lowest BCUT2D eigenvalue weighted by molar-refractivity contribution is -0.113. The van der Waals surface area contributed by atoms with Crippen LogP contribution in [0.25, 0.3) is 5.57 Å². The molecule has 1 aliphatic carbocycles. The number of carbonyl (C=O) groups is 1. The van der Waals surface area contributed by atoms with Crippen molar-refractivity contribution in [2.75, 3.05) is 13.2 Å². The molecule has 1 fully saturated rings. The van der Waals surface area contributed by atoms with E-state index in [1.807, 2.05) is 6.92 Å². The number of Topliss-reactive ketones (excluding diaryl/α,β-unsaturated/α-hetero) is 1. The van der Waals surface area contributed by atoms with Gasteiger partial charge in [0, 0.05) is 25.6 Å². The van der Waals surface area contributed by atoms with Crippen molar-refractivity contribution in [3.8, 4) is 5.75 Å². The van der Waals surface area contributed by atoms with Gasteiger partial charge in [0.15, 0.2) is 5.78 Å². The number of rotatable bonds is 3. The first-order chi connectivity index (χ1) is 10.1. The maximum Gasteiger partial charge on any atom is 0.167 e. The summed E-state index contributed by atoms with van der Waals surface area (Å²) in [6.45, 7) is 3.37. The first-order valence-electron chi connectivity index (χ1n) is 7.40. The van der Waals surface area contributed by atoms with E-state index < -0.39 is 0 Å². The summed E-state index contributed by atoms with van der Waals surface area (Å²) in [5.74, 6) is 0.567. The molecule has 2 aliphatic rings. The number of ketones is 1. The Morgan fingerprint density at radius 3 is 2.86 bits per heavy atom. The summed E-state index contributed by atoms with van der Waals surface area (Å²) in [6, 6.07) is 4.90. The Morgan fingerprint density at radius 2 is 2.14 bits per heavy atom. The molecule has 0 aromatic heterocycles. The Labute approximate surface area is 124 Å². The van der Waals surface area contributed by atoms with E-state index in [1.54, 1.807) is 18.2 Å². The quantitative estimate of drug-likeness (QED) is 0.897. The largest absolute Gasteiger partial charge is 0.511 e. The molecule has 112 valence electrons. The van der Waals surface area contributed by atoms with Crippen molar-refractivity contribution in [3.63, 3.8) is 0 Å². The Bertz CT molecular complexity index is 597. The minimum Gasteiger partial charge on any atom is -0.511 e. The van der Waals surface area contributed by atoms with Crippen LogP contribution in [0.15, 0.2) is 24.0 Å². The van der Waals surface area contributed by atoms with Crippen LogP contribution in [0, 0.1) is 18.8 Å². The third-order valence-corrected chi connectivity index (χ3v) is 4.49. The molecule has 3 rings (SSSR count).